The Morgan fingerprint density at radius 3 is 1.91 bits per heavy atom. The van der Waals surface area contributed by atoms with Crippen LogP contribution in [-0.4, -0.2) is 67.6 Å². The Morgan fingerprint density at radius 2 is 1.39 bits per heavy atom. The minimum absolute atomic E-state index is 0.257. The minimum Gasteiger partial charge on any atom is -0.463 e. The van der Waals surface area contributed by atoms with Gasteiger partial charge in [-0.25, -0.2) is 0 Å². The molecule has 12 nitrogen and oxygen atoms in total. The first-order valence-electron chi connectivity index (χ1n) is 9.88. The van der Waals surface area contributed by atoms with E-state index in [4.69, 9.17) is 28.4 Å². The molecule has 5 atom stereocenters. The van der Waals surface area contributed by atoms with Gasteiger partial charge in [0, 0.05) is 33.4 Å². The Morgan fingerprint density at radius 1 is 0.848 bits per heavy atom. The molecule has 0 bridgehead atoms. The fourth-order valence-electron chi connectivity index (χ4n) is 3.12. The molecule has 1 amide bonds. The zero-order chi connectivity index (χ0) is 24.5. The number of carbonyl (C=O) groups is 5. The fraction of sp³-hybridized carbons (Fsp3) is 0.476. The Kier molecular flexibility index (Phi) is 9.16. The molecule has 2 rings (SSSR count). The van der Waals surface area contributed by atoms with Gasteiger partial charge < -0.3 is 33.7 Å². The highest BCUT2D eigenvalue weighted by Crippen LogP contribution is 2.31. The van der Waals surface area contributed by atoms with Crippen molar-refractivity contribution in [2.75, 3.05) is 11.9 Å². The first-order chi connectivity index (χ1) is 15.6. The maximum absolute atomic E-state index is 11.8. The molecule has 0 radical (unpaired) electrons. The van der Waals surface area contributed by atoms with Crippen LogP contribution in [0.4, 0.5) is 5.69 Å². The van der Waals surface area contributed by atoms with Crippen LogP contribution in [0.2, 0.25) is 0 Å². The van der Waals surface area contributed by atoms with E-state index in [2.05, 4.69) is 5.32 Å². The van der Waals surface area contributed by atoms with Crippen LogP contribution < -0.4 is 10.1 Å². The number of hydrogen-bond acceptors (Lipinski definition) is 11. The van der Waals surface area contributed by atoms with Crippen molar-refractivity contribution in [1.29, 1.82) is 0 Å². The quantitative estimate of drug-likeness (QED) is 0.310. The highest BCUT2D eigenvalue weighted by atomic mass is 16.7. The largest absolute Gasteiger partial charge is 0.463 e. The summed E-state index contributed by atoms with van der Waals surface area (Å²) in [5, 5.41) is 2.47. The number of amides is 1. The second kappa shape index (κ2) is 11.8. The minimum atomic E-state index is -1.34. The third kappa shape index (κ3) is 7.75. The molecular formula is C21H25NO11. The summed E-state index contributed by atoms with van der Waals surface area (Å²) in [6.07, 6.45) is -5.88. The number of nitrogens with one attached hydrogen (secondary N) is 1. The average Bonchev–Trinajstić information content (AvgIpc) is 2.71. The molecule has 180 valence electrons. The number of benzene rings is 1. The Balaban J connectivity index is 2.41. The maximum Gasteiger partial charge on any atom is 0.303 e. The van der Waals surface area contributed by atoms with E-state index in [1.165, 1.54) is 19.1 Å². The number of carbonyl (C=O) groups excluding carboxylic acids is 5. The van der Waals surface area contributed by atoms with Crippen molar-refractivity contribution in [3.8, 4) is 5.75 Å². The van der Waals surface area contributed by atoms with Crippen molar-refractivity contribution in [1.82, 2.24) is 0 Å². The summed E-state index contributed by atoms with van der Waals surface area (Å²) in [5.41, 5.74) is 0.499. The van der Waals surface area contributed by atoms with Gasteiger partial charge in [0.1, 0.15) is 18.5 Å². The van der Waals surface area contributed by atoms with Crippen molar-refractivity contribution in [3.05, 3.63) is 24.3 Å². The Bertz CT molecular complexity index is 869. The summed E-state index contributed by atoms with van der Waals surface area (Å²) in [7, 11) is 0. The molecular weight excluding hydrogens is 442 g/mol. The van der Waals surface area contributed by atoms with Crippen LogP contribution >= 0.6 is 0 Å². The molecule has 1 N–H and O–H groups in total. The lowest BCUT2D eigenvalue weighted by atomic mass is 9.98. The SMILES string of the molecule is CC(=O)OC[C@H]1O[C@@H](Oc2ccc(NC=O)cc2)[C@H](OC(C)=O)[C@@H](OC(C)=O)[C@H]1OC(C)=O. The van der Waals surface area contributed by atoms with Crippen molar-refractivity contribution in [2.45, 2.75) is 58.4 Å². The van der Waals surface area contributed by atoms with E-state index in [-0.39, 0.29) is 12.4 Å². The molecule has 1 saturated heterocycles. The number of rotatable bonds is 9. The normalized spacial score (nSPS) is 24.1. The van der Waals surface area contributed by atoms with Gasteiger partial charge in [-0.2, -0.15) is 0 Å². The summed E-state index contributed by atoms with van der Waals surface area (Å²) in [6.45, 7) is 4.21. The second-order valence-corrected chi connectivity index (χ2v) is 6.97. The molecule has 0 spiro atoms. The first-order valence-corrected chi connectivity index (χ1v) is 9.88. The Hall–Kier alpha value is -3.67. The van der Waals surface area contributed by atoms with Crippen molar-refractivity contribution in [2.24, 2.45) is 0 Å². The number of esters is 4. The van der Waals surface area contributed by atoms with E-state index in [1.807, 2.05) is 0 Å². The van der Waals surface area contributed by atoms with Crippen LogP contribution in [0.15, 0.2) is 24.3 Å². The average molecular weight is 467 g/mol. The Labute approximate surface area is 189 Å². The monoisotopic (exact) mass is 467 g/mol. The van der Waals surface area contributed by atoms with Gasteiger partial charge in [0.05, 0.1) is 0 Å². The van der Waals surface area contributed by atoms with Crippen molar-refractivity contribution in [3.63, 3.8) is 0 Å². The zero-order valence-electron chi connectivity index (χ0n) is 18.5. The van der Waals surface area contributed by atoms with Crippen LogP contribution in [0.5, 0.6) is 5.75 Å². The molecule has 0 aliphatic carbocycles. The van der Waals surface area contributed by atoms with Crippen LogP contribution in [0, 0.1) is 0 Å². The zero-order valence-corrected chi connectivity index (χ0v) is 18.5. The molecule has 1 aromatic carbocycles. The third-order valence-electron chi connectivity index (χ3n) is 4.28. The molecule has 1 aromatic rings. The van der Waals surface area contributed by atoms with Gasteiger partial charge in [-0.1, -0.05) is 0 Å². The topological polar surface area (TPSA) is 153 Å². The highest BCUT2D eigenvalue weighted by Gasteiger charge is 2.53. The third-order valence-corrected chi connectivity index (χ3v) is 4.28. The maximum atomic E-state index is 11.8. The molecule has 0 saturated carbocycles. The van der Waals surface area contributed by atoms with Gasteiger partial charge in [-0.3, -0.25) is 24.0 Å². The second-order valence-electron chi connectivity index (χ2n) is 6.97. The molecule has 33 heavy (non-hydrogen) atoms. The first kappa shape index (κ1) is 25.6. The van der Waals surface area contributed by atoms with Gasteiger partial charge in [-0.15, -0.1) is 0 Å². The summed E-state index contributed by atoms with van der Waals surface area (Å²) in [4.78, 5) is 57.2. The number of ether oxygens (including phenoxy) is 6. The van der Waals surface area contributed by atoms with Gasteiger partial charge in [0.25, 0.3) is 0 Å². The van der Waals surface area contributed by atoms with Crippen LogP contribution in [-0.2, 0) is 47.7 Å². The highest BCUT2D eigenvalue weighted by molar-refractivity contribution is 5.71. The lowest BCUT2D eigenvalue weighted by molar-refractivity contribution is -0.288. The summed E-state index contributed by atoms with van der Waals surface area (Å²) in [6, 6.07) is 6.13. The standard InChI is InChI=1S/C21H25NO11/c1-11(24)28-9-17-18(29-12(2)25)19(30-13(3)26)20(31-14(4)27)21(33-17)32-16-7-5-15(6-8-16)22-10-23/h5-8,10,17-21H,9H2,1-4H3,(H,22,23)/t17-,18+,19+,20-,21-/m1/s1. The van der Waals surface area contributed by atoms with E-state index in [1.54, 1.807) is 12.1 Å². The van der Waals surface area contributed by atoms with Crippen molar-refractivity contribution >= 4 is 36.0 Å². The van der Waals surface area contributed by atoms with Crippen LogP contribution in [0.1, 0.15) is 27.7 Å². The fourth-order valence-corrected chi connectivity index (χ4v) is 3.12. The van der Waals surface area contributed by atoms with E-state index in [0.29, 0.717) is 12.1 Å². The number of hydrogen-bond donors (Lipinski definition) is 1. The molecule has 1 heterocycles. The van der Waals surface area contributed by atoms with Gasteiger partial charge in [0.15, 0.2) is 12.2 Å². The molecule has 1 aliphatic rings. The van der Waals surface area contributed by atoms with Gasteiger partial charge in [0.2, 0.25) is 18.8 Å². The summed E-state index contributed by atoms with van der Waals surface area (Å²) >= 11 is 0. The molecule has 1 fully saturated rings. The van der Waals surface area contributed by atoms with E-state index in [0.717, 1.165) is 20.8 Å². The number of anilines is 1. The molecule has 1 aliphatic heterocycles. The smallest absolute Gasteiger partial charge is 0.303 e. The predicted molar refractivity (Wildman–Crippen MR) is 109 cm³/mol. The van der Waals surface area contributed by atoms with Gasteiger partial charge >= 0.3 is 23.9 Å². The van der Waals surface area contributed by atoms with E-state index in [9.17, 15) is 24.0 Å². The molecule has 0 aromatic heterocycles. The lowest BCUT2D eigenvalue weighted by Crippen LogP contribution is -2.63. The van der Waals surface area contributed by atoms with Crippen LogP contribution in [0.3, 0.4) is 0 Å². The molecule has 12 heteroatoms. The van der Waals surface area contributed by atoms with Crippen molar-refractivity contribution < 1.29 is 52.4 Å². The van der Waals surface area contributed by atoms with Crippen LogP contribution in [0.25, 0.3) is 0 Å². The van der Waals surface area contributed by atoms with Gasteiger partial charge in [-0.05, 0) is 24.3 Å². The van der Waals surface area contributed by atoms with E-state index < -0.39 is 54.6 Å². The molecule has 0 unspecified atom stereocenters. The summed E-state index contributed by atoms with van der Waals surface area (Å²) in [5.74, 6) is -2.58. The lowest BCUT2D eigenvalue weighted by Gasteiger charge is -2.43. The van der Waals surface area contributed by atoms with E-state index >= 15 is 0 Å². The summed E-state index contributed by atoms with van der Waals surface area (Å²) < 4.78 is 32.6. The predicted octanol–water partition coefficient (Wildman–Crippen LogP) is 0.717.